The van der Waals surface area contributed by atoms with Crippen LogP contribution in [0.3, 0.4) is 0 Å². The van der Waals surface area contributed by atoms with Crippen LogP contribution in [0.5, 0.6) is 0 Å². The average molecular weight is 284 g/mol. The lowest BCUT2D eigenvalue weighted by molar-refractivity contribution is -0.137. The van der Waals surface area contributed by atoms with Gasteiger partial charge in [-0.05, 0) is 17.7 Å². The van der Waals surface area contributed by atoms with Gasteiger partial charge in [0.1, 0.15) is 5.69 Å². The van der Waals surface area contributed by atoms with E-state index in [1.807, 2.05) is 0 Å². The van der Waals surface area contributed by atoms with Crippen LogP contribution in [0.25, 0.3) is 0 Å². The topological polar surface area (TPSA) is 83.8 Å². The van der Waals surface area contributed by atoms with Crippen molar-refractivity contribution in [3.05, 3.63) is 47.3 Å². The minimum absolute atomic E-state index is 0.0927. The second-order valence-electron chi connectivity index (χ2n) is 4.08. The highest BCUT2D eigenvalue weighted by Gasteiger charge is 2.29. The zero-order valence-electron chi connectivity index (χ0n) is 10.2. The number of aromatic nitrogens is 2. The predicted molar refractivity (Wildman–Crippen MR) is 65.6 cm³/mol. The minimum atomic E-state index is -4.37. The van der Waals surface area contributed by atoms with Crippen LogP contribution < -0.4 is 11.1 Å². The monoisotopic (exact) mass is 284 g/mol. The van der Waals surface area contributed by atoms with Crippen LogP contribution in [-0.2, 0) is 12.7 Å². The predicted octanol–water partition coefficient (Wildman–Crippen LogP) is 1.94. The van der Waals surface area contributed by atoms with Crippen molar-refractivity contribution in [1.82, 2.24) is 15.5 Å². The molecule has 2 aromatic rings. The minimum Gasteiger partial charge on any atom is -0.396 e. The number of nitrogen functional groups attached to an aromatic ring is 1. The van der Waals surface area contributed by atoms with Crippen molar-refractivity contribution < 1.29 is 18.0 Å². The molecule has 0 aliphatic rings. The molecule has 1 aromatic heterocycles. The first kappa shape index (κ1) is 13.9. The van der Waals surface area contributed by atoms with Crippen molar-refractivity contribution in [3.63, 3.8) is 0 Å². The number of nitrogens with one attached hydrogen (secondary N) is 2. The molecule has 20 heavy (non-hydrogen) atoms. The van der Waals surface area contributed by atoms with Crippen LogP contribution in [0.4, 0.5) is 18.9 Å². The summed E-state index contributed by atoms with van der Waals surface area (Å²) in [7, 11) is 0. The third-order valence-corrected chi connectivity index (χ3v) is 2.63. The number of carbonyl (C=O) groups is 1. The van der Waals surface area contributed by atoms with Crippen molar-refractivity contribution >= 4 is 11.6 Å². The van der Waals surface area contributed by atoms with Crippen molar-refractivity contribution in [2.24, 2.45) is 0 Å². The molecular weight excluding hydrogens is 273 g/mol. The Kier molecular flexibility index (Phi) is 3.64. The van der Waals surface area contributed by atoms with E-state index in [2.05, 4.69) is 15.5 Å². The van der Waals surface area contributed by atoms with Gasteiger partial charge in [0.15, 0.2) is 0 Å². The molecular formula is C12H11F3N4O. The Hall–Kier alpha value is -2.51. The fourth-order valence-corrected chi connectivity index (χ4v) is 1.56. The molecule has 4 N–H and O–H groups in total. The number of nitrogens with two attached hydrogens (primary N) is 1. The number of hydrogen-bond donors (Lipinski definition) is 3. The van der Waals surface area contributed by atoms with Crippen molar-refractivity contribution in [2.75, 3.05) is 5.73 Å². The zero-order valence-corrected chi connectivity index (χ0v) is 10.2. The molecule has 8 heteroatoms. The van der Waals surface area contributed by atoms with Gasteiger partial charge < -0.3 is 11.1 Å². The van der Waals surface area contributed by atoms with E-state index in [0.717, 1.165) is 12.1 Å². The fourth-order valence-electron chi connectivity index (χ4n) is 1.56. The molecule has 2 rings (SSSR count). The number of nitrogens with zero attached hydrogens (tertiary/aromatic N) is 1. The van der Waals surface area contributed by atoms with Crippen LogP contribution in [-0.4, -0.2) is 16.1 Å². The number of alkyl halides is 3. The molecule has 106 valence electrons. The van der Waals surface area contributed by atoms with Crippen LogP contribution in [0.2, 0.25) is 0 Å². The van der Waals surface area contributed by atoms with Crippen LogP contribution >= 0.6 is 0 Å². The summed E-state index contributed by atoms with van der Waals surface area (Å²) in [5.41, 5.74) is 5.64. The summed E-state index contributed by atoms with van der Waals surface area (Å²) < 4.78 is 37.1. The number of anilines is 1. The molecule has 1 heterocycles. The van der Waals surface area contributed by atoms with Gasteiger partial charge in [-0.1, -0.05) is 12.1 Å². The van der Waals surface area contributed by atoms with Gasteiger partial charge in [-0.3, -0.25) is 9.89 Å². The summed E-state index contributed by atoms with van der Waals surface area (Å²) in [5.74, 6) is -0.472. The molecule has 1 aromatic carbocycles. The third kappa shape index (κ3) is 3.08. The standard InChI is InChI=1S/C12H11F3N4O/c13-12(14,15)8-3-1-7(2-4-8)5-17-11(20)10-9(16)6-18-19-10/h1-4,6H,5,16H2,(H,17,20)(H,18,19). The highest BCUT2D eigenvalue weighted by atomic mass is 19.4. The molecule has 0 radical (unpaired) electrons. The molecule has 5 nitrogen and oxygen atoms in total. The van der Waals surface area contributed by atoms with Crippen LogP contribution in [0.1, 0.15) is 21.6 Å². The molecule has 0 bridgehead atoms. The van der Waals surface area contributed by atoms with Gasteiger partial charge in [-0.2, -0.15) is 18.3 Å². The molecule has 0 saturated carbocycles. The number of H-pyrrole nitrogens is 1. The van der Waals surface area contributed by atoms with E-state index in [0.29, 0.717) is 5.56 Å². The molecule has 0 spiro atoms. The van der Waals surface area contributed by atoms with E-state index < -0.39 is 17.6 Å². The van der Waals surface area contributed by atoms with E-state index in [9.17, 15) is 18.0 Å². The summed E-state index contributed by atoms with van der Waals surface area (Å²) in [5, 5.41) is 8.56. The van der Waals surface area contributed by atoms with Crippen LogP contribution in [0, 0.1) is 0 Å². The van der Waals surface area contributed by atoms with E-state index in [1.54, 1.807) is 0 Å². The number of amides is 1. The Balaban J connectivity index is 1.98. The Bertz CT molecular complexity index is 604. The number of carbonyl (C=O) groups excluding carboxylic acids is 1. The Labute approximate surface area is 112 Å². The van der Waals surface area contributed by atoms with Gasteiger partial charge in [-0.25, -0.2) is 0 Å². The van der Waals surface area contributed by atoms with Gasteiger partial charge in [0.25, 0.3) is 5.91 Å². The zero-order chi connectivity index (χ0) is 14.8. The summed E-state index contributed by atoms with van der Waals surface area (Å²) in [6.45, 7) is 0.0927. The van der Waals surface area contributed by atoms with Gasteiger partial charge in [-0.15, -0.1) is 0 Å². The second kappa shape index (κ2) is 5.24. The molecule has 0 unspecified atom stereocenters. The number of hydrogen-bond acceptors (Lipinski definition) is 3. The lowest BCUT2D eigenvalue weighted by atomic mass is 10.1. The lowest BCUT2D eigenvalue weighted by Crippen LogP contribution is -2.24. The Morgan fingerprint density at radius 1 is 1.30 bits per heavy atom. The second-order valence-corrected chi connectivity index (χ2v) is 4.08. The smallest absolute Gasteiger partial charge is 0.396 e. The Morgan fingerprint density at radius 2 is 1.95 bits per heavy atom. The van der Waals surface area contributed by atoms with E-state index in [-0.39, 0.29) is 17.9 Å². The maximum Gasteiger partial charge on any atom is 0.416 e. The van der Waals surface area contributed by atoms with Gasteiger partial charge >= 0.3 is 6.18 Å². The van der Waals surface area contributed by atoms with Crippen molar-refractivity contribution in [1.29, 1.82) is 0 Å². The summed E-state index contributed by atoms with van der Waals surface area (Å²) in [6.07, 6.45) is -3.07. The maximum atomic E-state index is 12.4. The fraction of sp³-hybridized carbons (Fsp3) is 0.167. The van der Waals surface area contributed by atoms with Gasteiger partial charge in [0, 0.05) is 6.54 Å². The molecule has 0 aliphatic heterocycles. The third-order valence-electron chi connectivity index (χ3n) is 2.63. The first-order chi connectivity index (χ1) is 9.38. The first-order valence-corrected chi connectivity index (χ1v) is 5.61. The summed E-state index contributed by atoms with van der Waals surface area (Å²) >= 11 is 0. The van der Waals surface area contributed by atoms with E-state index in [4.69, 9.17) is 5.73 Å². The first-order valence-electron chi connectivity index (χ1n) is 5.61. The highest BCUT2D eigenvalue weighted by molar-refractivity contribution is 5.96. The molecule has 0 aliphatic carbocycles. The lowest BCUT2D eigenvalue weighted by Gasteiger charge is -2.08. The van der Waals surface area contributed by atoms with Crippen LogP contribution in [0.15, 0.2) is 30.5 Å². The molecule has 1 amide bonds. The van der Waals surface area contributed by atoms with Crippen molar-refractivity contribution in [3.8, 4) is 0 Å². The quantitative estimate of drug-likeness (QED) is 0.805. The van der Waals surface area contributed by atoms with Crippen molar-refractivity contribution in [2.45, 2.75) is 12.7 Å². The highest BCUT2D eigenvalue weighted by Crippen LogP contribution is 2.29. The van der Waals surface area contributed by atoms with E-state index >= 15 is 0 Å². The number of rotatable bonds is 3. The number of aromatic amines is 1. The largest absolute Gasteiger partial charge is 0.416 e. The van der Waals surface area contributed by atoms with Gasteiger partial charge in [0.05, 0.1) is 17.4 Å². The number of halogens is 3. The summed E-state index contributed by atoms with van der Waals surface area (Å²) in [6, 6.07) is 4.54. The average Bonchev–Trinajstić information content (AvgIpc) is 2.82. The normalized spacial score (nSPS) is 11.3. The SMILES string of the molecule is Nc1cn[nH]c1C(=O)NCc1ccc(C(F)(F)F)cc1. The van der Waals surface area contributed by atoms with Gasteiger partial charge in [0.2, 0.25) is 0 Å². The summed E-state index contributed by atoms with van der Waals surface area (Å²) in [4.78, 5) is 11.7. The van der Waals surface area contributed by atoms with E-state index in [1.165, 1.54) is 18.3 Å². The Morgan fingerprint density at radius 3 is 2.45 bits per heavy atom. The number of benzene rings is 1. The maximum absolute atomic E-state index is 12.4. The molecule has 0 saturated heterocycles. The molecule has 0 fully saturated rings. The molecule has 0 atom stereocenters.